The van der Waals surface area contributed by atoms with E-state index in [-0.39, 0.29) is 5.69 Å². The van der Waals surface area contributed by atoms with Crippen LogP contribution < -0.4 is 5.32 Å². The number of aromatic nitrogens is 2. The fourth-order valence-corrected chi connectivity index (χ4v) is 3.39. The minimum Gasteiger partial charge on any atom is -0.451 e. The van der Waals surface area contributed by atoms with E-state index in [1.54, 1.807) is 6.07 Å². The van der Waals surface area contributed by atoms with Gasteiger partial charge in [-0.05, 0) is 31.0 Å². The van der Waals surface area contributed by atoms with Crippen LogP contribution in [-0.2, 0) is 9.53 Å². The molecule has 1 aliphatic carbocycles. The number of hydrogen-bond donors (Lipinski definition) is 2. The second-order valence-corrected chi connectivity index (χ2v) is 7.47. The van der Waals surface area contributed by atoms with Crippen LogP contribution in [0.2, 0.25) is 0 Å². The number of esters is 1. The first kappa shape index (κ1) is 19.1. The van der Waals surface area contributed by atoms with Crippen molar-refractivity contribution in [2.45, 2.75) is 37.6 Å². The molecule has 0 aliphatic heterocycles. The number of nitrogens with zero attached hydrogens (tertiary/aromatic N) is 2. The summed E-state index contributed by atoms with van der Waals surface area (Å²) in [6, 6.07) is 11.3. The molecule has 0 unspecified atom stereocenters. The van der Waals surface area contributed by atoms with Crippen LogP contribution in [0.25, 0.3) is 11.3 Å². The Kier molecular flexibility index (Phi) is 5.91. The third-order valence-corrected chi connectivity index (χ3v) is 5.10. The van der Waals surface area contributed by atoms with Crippen LogP contribution in [0.15, 0.2) is 34.8 Å². The molecule has 140 valence electrons. The summed E-state index contributed by atoms with van der Waals surface area (Å²) in [5.41, 5.74) is 0.766. The van der Waals surface area contributed by atoms with Crippen molar-refractivity contribution in [3.63, 3.8) is 0 Å². The molecule has 0 spiro atoms. The largest absolute Gasteiger partial charge is 0.451 e. The summed E-state index contributed by atoms with van der Waals surface area (Å²) in [7, 11) is 0. The third-order valence-electron chi connectivity index (χ3n) is 4.57. The zero-order chi connectivity index (χ0) is 19.3. The Labute approximate surface area is 165 Å². The number of hydrogen-bond acceptors (Lipinski definition) is 5. The monoisotopic (exact) mass is 430 g/mol. The molecule has 0 atom stereocenters. The van der Waals surface area contributed by atoms with Crippen LogP contribution in [0.5, 0.6) is 0 Å². The normalized spacial score (nSPS) is 15.6. The zero-order valence-corrected chi connectivity index (χ0v) is 16.2. The van der Waals surface area contributed by atoms with Crippen LogP contribution in [0, 0.1) is 11.3 Å². The van der Waals surface area contributed by atoms with Crippen molar-refractivity contribution in [3.8, 4) is 17.3 Å². The molecule has 2 aromatic rings. The van der Waals surface area contributed by atoms with Gasteiger partial charge in [-0.1, -0.05) is 47.3 Å². The van der Waals surface area contributed by atoms with Gasteiger partial charge < -0.3 is 10.1 Å². The number of nitrogens with one attached hydrogen (secondary N) is 2. The first-order valence-electron chi connectivity index (χ1n) is 8.72. The highest BCUT2D eigenvalue weighted by atomic mass is 79.9. The maximum atomic E-state index is 12.1. The average molecular weight is 431 g/mol. The topological polar surface area (TPSA) is 108 Å². The summed E-state index contributed by atoms with van der Waals surface area (Å²) < 4.78 is 6.00. The molecule has 1 aliphatic rings. The number of carbonyl (C=O) groups is 2. The van der Waals surface area contributed by atoms with E-state index in [0.717, 1.165) is 29.3 Å². The number of nitriles is 1. The maximum Gasteiger partial charge on any atom is 0.356 e. The molecular formula is C19H19BrN4O3. The number of aromatic amines is 1. The second kappa shape index (κ2) is 8.35. The molecule has 1 aromatic carbocycles. The number of H-pyrrole nitrogens is 1. The number of benzene rings is 1. The van der Waals surface area contributed by atoms with E-state index in [2.05, 4.69) is 37.5 Å². The molecule has 1 aromatic heterocycles. The van der Waals surface area contributed by atoms with Gasteiger partial charge in [0, 0.05) is 10.0 Å². The lowest BCUT2D eigenvalue weighted by molar-refractivity contribution is -0.125. The van der Waals surface area contributed by atoms with Gasteiger partial charge in [-0.2, -0.15) is 10.4 Å². The smallest absolute Gasteiger partial charge is 0.356 e. The van der Waals surface area contributed by atoms with E-state index in [1.165, 1.54) is 0 Å². The fraction of sp³-hybridized carbons (Fsp3) is 0.368. The molecule has 1 saturated carbocycles. The fourth-order valence-electron chi connectivity index (χ4n) is 3.13. The van der Waals surface area contributed by atoms with Gasteiger partial charge >= 0.3 is 5.97 Å². The Hall–Kier alpha value is -2.66. The first-order chi connectivity index (χ1) is 13.0. The predicted octanol–water partition coefficient (Wildman–Crippen LogP) is 3.34. The Bertz CT molecular complexity index is 864. The van der Waals surface area contributed by atoms with Crippen molar-refractivity contribution in [3.05, 3.63) is 40.5 Å². The standard InChI is InChI=1S/C19H19BrN4O3/c20-14-6-4-13(5-7-14)15-10-16(24-23-15)18(26)27-11-17(25)22-19(12-21)8-2-1-3-9-19/h4-7,10H,1-3,8-9,11H2,(H,22,25)(H,23,24). The number of amides is 1. The molecule has 1 fully saturated rings. The third kappa shape index (κ3) is 4.74. The molecule has 0 radical (unpaired) electrons. The second-order valence-electron chi connectivity index (χ2n) is 6.55. The minimum absolute atomic E-state index is 0.161. The Morgan fingerprint density at radius 1 is 1.26 bits per heavy atom. The highest BCUT2D eigenvalue weighted by Crippen LogP contribution is 2.27. The maximum absolute atomic E-state index is 12.1. The van der Waals surface area contributed by atoms with Gasteiger partial charge in [-0.3, -0.25) is 9.89 Å². The van der Waals surface area contributed by atoms with Crippen LogP contribution in [0.4, 0.5) is 0 Å². The molecule has 1 amide bonds. The van der Waals surface area contributed by atoms with E-state index < -0.39 is 24.0 Å². The van der Waals surface area contributed by atoms with Crippen molar-refractivity contribution >= 4 is 27.8 Å². The van der Waals surface area contributed by atoms with Gasteiger partial charge in [0.05, 0.1) is 11.8 Å². The van der Waals surface area contributed by atoms with Crippen molar-refractivity contribution < 1.29 is 14.3 Å². The molecule has 8 heteroatoms. The van der Waals surface area contributed by atoms with E-state index >= 15 is 0 Å². The number of halogens is 1. The van der Waals surface area contributed by atoms with Gasteiger partial charge in [0.1, 0.15) is 11.2 Å². The van der Waals surface area contributed by atoms with Gasteiger partial charge in [-0.25, -0.2) is 4.79 Å². The van der Waals surface area contributed by atoms with Crippen LogP contribution in [-0.4, -0.2) is 34.2 Å². The lowest BCUT2D eigenvalue weighted by atomic mass is 9.83. The predicted molar refractivity (Wildman–Crippen MR) is 102 cm³/mol. The summed E-state index contributed by atoms with van der Waals surface area (Å²) >= 11 is 3.36. The quantitative estimate of drug-likeness (QED) is 0.706. The van der Waals surface area contributed by atoms with E-state index in [0.29, 0.717) is 18.5 Å². The summed E-state index contributed by atoms with van der Waals surface area (Å²) in [6.07, 6.45) is 4.12. The lowest BCUT2D eigenvalue weighted by Crippen LogP contribution is -2.50. The van der Waals surface area contributed by atoms with Crippen LogP contribution in [0.3, 0.4) is 0 Å². The molecule has 7 nitrogen and oxygen atoms in total. The summed E-state index contributed by atoms with van der Waals surface area (Å²) in [6.45, 7) is -0.436. The van der Waals surface area contributed by atoms with Crippen LogP contribution in [0.1, 0.15) is 42.6 Å². The Balaban J connectivity index is 1.55. The Morgan fingerprint density at radius 3 is 2.63 bits per heavy atom. The van der Waals surface area contributed by atoms with Crippen molar-refractivity contribution in [1.29, 1.82) is 5.26 Å². The lowest BCUT2D eigenvalue weighted by Gasteiger charge is -2.31. The minimum atomic E-state index is -0.843. The molecule has 0 saturated heterocycles. The van der Waals surface area contributed by atoms with Gasteiger partial charge in [-0.15, -0.1) is 0 Å². The van der Waals surface area contributed by atoms with Gasteiger partial charge in [0.25, 0.3) is 5.91 Å². The number of rotatable bonds is 5. The zero-order valence-electron chi connectivity index (χ0n) is 14.6. The molecule has 3 rings (SSSR count). The molecule has 1 heterocycles. The molecule has 0 bridgehead atoms. The summed E-state index contributed by atoms with van der Waals surface area (Å²) in [5.74, 6) is -1.14. The summed E-state index contributed by atoms with van der Waals surface area (Å²) in [4.78, 5) is 24.2. The van der Waals surface area contributed by atoms with Crippen molar-refractivity contribution in [2.24, 2.45) is 0 Å². The highest BCUT2D eigenvalue weighted by molar-refractivity contribution is 9.10. The Morgan fingerprint density at radius 2 is 1.96 bits per heavy atom. The van der Waals surface area contributed by atoms with E-state index in [1.807, 2.05) is 24.3 Å². The molecule has 2 N–H and O–H groups in total. The number of carbonyl (C=O) groups excluding carboxylic acids is 2. The average Bonchev–Trinajstić information content (AvgIpc) is 3.18. The highest BCUT2D eigenvalue weighted by Gasteiger charge is 2.33. The van der Waals surface area contributed by atoms with Gasteiger partial charge in [0.2, 0.25) is 0 Å². The number of ether oxygens (including phenoxy) is 1. The van der Waals surface area contributed by atoms with Crippen LogP contribution >= 0.6 is 15.9 Å². The van der Waals surface area contributed by atoms with E-state index in [4.69, 9.17) is 4.74 Å². The molecular weight excluding hydrogens is 412 g/mol. The van der Waals surface area contributed by atoms with Crippen molar-refractivity contribution in [1.82, 2.24) is 15.5 Å². The summed E-state index contributed by atoms with van der Waals surface area (Å²) in [5, 5.41) is 18.8. The van der Waals surface area contributed by atoms with Gasteiger partial charge in [0.15, 0.2) is 6.61 Å². The molecule has 27 heavy (non-hydrogen) atoms. The van der Waals surface area contributed by atoms with Crippen molar-refractivity contribution in [2.75, 3.05) is 6.61 Å². The SMILES string of the molecule is N#CC1(NC(=O)COC(=O)c2cc(-c3ccc(Br)cc3)n[nH]2)CCCCC1. The van der Waals surface area contributed by atoms with E-state index in [9.17, 15) is 14.9 Å². The first-order valence-corrected chi connectivity index (χ1v) is 9.51.